The molecule has 2 aliphatic heterocycles. The number of nitrogens with one attached hydrogen (secondary N) is 1. The summed E-state index contributed by atoms with van der Waals surface area (Å²) in [6, 6.07) is 4.46. The van der Waals surface area contributed by atoms with Crippen LogP contribution in [0.4, 0.5) is 0 Å². The van der Waals surface area contributed by atoms with Crippen LogP contribution in [0.25, 0.3) is 0 Å². The van der Waals surface area contributed by atoms with Gasteiger partial charge < -0.3 is 10.4 Å². The highest BCUT2D eigenvalue weighted by atomic mass is 16.4. The monoisotopic (exact) mass is 288 g/mol. The van der Waals surface area contributed by atoms with Gasteiger partial charge in [0.25, 0.3) is 11.8 Å². The number of rotatable bonds is 3. The number of imide groups is 1. The summed E-state index contributed by atoms with van der Waals surface area (Å²) in [6.45, 7) is 1.43. The van der Waals surface area contributed by atoms with Crippen LogP contribution in [0.1, 0.15) is 27.6 Å². The molecule has 0 bridgehead atoms. The zero-order chi connectivity index (χ0) is 15.3. The van der Waals surface area contributed by atoms with Gasteiger partial charge in [0.15, 0.2) is 0 Å². The first-order valence-electron chi connectivity index (χ1n) is 6.43. The highest BCUT2D eigenvalue weighted by molar-refractivity contribution is 6.23. The number of carboxylic acids is 1. The normalized spacial score (nSPS) is 25.2. The Balaban J connectivity index is 1.95. The Morgan fingerprint density at radius 2 is 1.71 bits per heavy atom. The van der Waals surface area contributed by atoms with Gasteiger partial charge in [-0.25, -0.2) is 0 Å². The van der Waals surface area contributed by atoms with Gasteiger partial charge in [0.2, 0.25) is 5.91 Å². The fourth-order valence-corrected chi connectivity index (χ4v) is 2.69. The van der Waals surface area contributed by atoms with Gasteiger partial charge in [-0.3, -0.25) is 24.1 Å². The molecule has 1 fully saturated rings. The molecule has 0 saturated carbocycles. The second-order valence-electron chi connectivity index (χ2n) is 5.13. The number of carbonyl (C=O) groups is 4. The predicted molar refractivity (Wildman–Crippen MR) is 69.5 cm³/mol. The van der Waals surface area contributed by atoms with Gasteiger partial charge in [-0.15, -0.1) is 0 Å². The largest absolute Gasteiger partial charge is 0.481 e. The smallest absolute Gasteiger partial charge is 0.308 e. The number of fused-ring (bicyclic) bond motifs is 1. The van der Waals surface area contributed by atoms with E-state index in [-0.39, 0.29) is 11.1 Å². The number of hydrogen-bond donors (Lipinski definition) is 2. The summed E-state index contributed by atoms with van der Waals surface area (Å²) in [7, 11) is 0. The lowest BCUT2D eigenvalue weighted by Crippen LogP contribution is -2.72. The van der Waals surface area contributed by atoms with Crippen molar-refractivity contribution < 1.29 is 24.3 Å². The Hall–Kier alpha value is -2.70. The van der Waals surface area contributed by atoms with Crippen LogP contribution in [0.5, 0.6) is 0 Å². The molecule has 7 nitrogen and oxygen atoms in total. The molecular formula is C14H12N2O5. The SMILES string of the molecule is C[C@@H](C(=O)O)[C@H]1NC(=O)[C@H]1N1C(=O)c2ccccc2C1=O. The van der Waals surface area contributed by atoms with Gasteiger partial charge in [0.1, 0.15) is 6.04 Å². The number of β-lactam (4-membered cyclic amide) rings is 1. The Morgan fingerprint density at radius 1 is 1.19 bits per heavy atom. The Labute approximate surface area is 119 Å². The van der Waals surface area contributed by atoms with Crippen molar-refractivity contribution in [2.75, 3.05) is 0 Å². The number of carbonyl (C=O) groups excluding carboxylic acids is 3. The molecule has 0 aromatic heterocycles. The molecule has 108 valence electrons. The lowest BCUT2D eigenvalue weighted by molar-refractivity contribution is -0.148. The van der Waals surface area contributed by atoms with E-state index in [1.165, 1.54) is 19.1 Å². The van der Waals surface area contributed by atoms with E-state index in [9.17, 15) is 19.2 Å². The van der Waals surface area contributed by atoms with Crippen LogP contribution in [0.15, 0.2) is 24.3 Å². The van der Waals surface area contributed by atoms with Crippen LogP contribution >= 0.6 is 0 Å². The van der Waals surface area contributed by atoms with Crippen LogP contribution in [0.2, 0.25) is 0 Å². The zero-order valence-corrected chi connectivity index (χ0v) is 11.1. The summed E-state index contributed by atoms with van der Waals surface area (Å²) >= 11 is 0. The summed E-state index contributed by atoms with van der Waals surface area (Å²) in [5.41, 5.74) is 0.479. The summed E-state index contributed by atoms with van der Waals surface area (Å²) in [5.74, 6) is -3.61. The number of benzene rings is 1. The predicted octanol–water partition coefficient (Wildman–Crippen LogP) is -0.130. The molecule has 0 spiro atoms. The van der Waals surface area contributed by atoms with Gasteiger partial charge in [-0.1, -0.05) is 12.1 Å². The third-order valence-electron chi connectivity index (χ3n) is 3.95. The average molecular weight is 288 g/mol. The molecule has 1 aromatic rings. The Morgan fingerprint density at radius 3 is 2.14 bits per heavy atom. The summed E-state index contributed by atoms with van der Waals surface area (Å²) in [5, 5.41) is 11.5. The van der Waals surface area contributed by atoms with Crippen LogP contribution in [0, 0.1) is 5.92 Å². The maximum absolute atomic E-state index is 12.3. The molecule has 3 atom stereocenters. The molecule has 0 aliphatic carbocycles. The van der Waals surface area contributed by atoms with Crippen LogP contribution in [-0.2, 0) is 9.59 Å². The third-order valence-corrected chi connectivity index (χ3v) is 3.95. The van der Waals surface area contributed by atoms with E-state index in [1.807, 2.05) is 0 Å². The maximum atomic E-state index is 12.3. The molecule has 1 aromatic carbocycles. The van der Waals surface area contributed by atoms with E-state index in [2.05, 4.69) is 5.32 Å². The number of carboxylic acid groups (broad SMARTS) is 1. The van der Waals surface area contributed by atoms with Crippen molar-refractivity contribution in [1.82, 2.24) is 10.2 Å². The van der Waals surface area contributed by atoms with Crippen LogP contribution < -0.4 is 5.32 Å². The van der Waals surface area contributed by atoms with Gasteiger partial charge in [-0.05, 0) is 19.1 Å². The van der Waals surface area contributed by atoms with Crippen molar-refractivity contribution in [2.24, 2.45) is 5.92 Å². The minimum absolute atomic E-state index is 0.240. The van der Waals surface area contributed by atoms with Crippen molar-refractivity contribution >= 4 is 23.7 Å². The molecule has 2 heterocycles. The van der Waals surface area contributed by atoms with Crippen molar-refractivity contribution in [2.45, 2.75) is 19.0 Å². The first-order valence-corrected chi connectivity index (χ1v) is 6.43. The number of hydrogen-bond acceptors (Lipinski definition) is 4. The lowest BCUT2D eigenvalue weighted by Gasteiger charge is -2.42. The molecule has 3 amide bonds. The van der Waals surface area contributed by atoms with E-state index < -0.39 is 41.7 Å². The average Bonchev–Trinajstić information content (AvgIpc) is 2.70. The minimum atomic E-state index is -1.10. The summed E-state index contributed by atoms with van der Waals surface area (Å²) in [6.07, 6.45) is 0. The molecule has 2 N–H and O–H groups in total. The van der Waals surface area contributed by atoms with Crippen molar-refractivity contribution in [3.63, 3.8) is 0 Å². The van der Waals surface area contributed by atoms with E-state index in [0.717, 1.165) is 4.90 Å². The van der Waals surface area contributed by atoms with Crippen molar-refractivity contribution in [3.05, 3.63) is 35.4 Å². The quantitative estimate of drug-likeness (QED) is 0.595. The second-order valence-corrected chi connectivity index (χ2v) is 5.13. The van der Waals surface area contributed by atoms with Crippen LogP contribution in [-0.4, -0.2) is 45.8 Å². The van der Waals surface area contributed by atoms with Crippen molar-refractivity contribution in [1.29, 1.82) is 0 Å². The Kier molecular flexibility index (Phi) is 2.79. The Bertz CT molecular complexity index is 649. The van der Waals surface area contributed by atoms with Crippen LogP contribution in [0.3, 0.4) is 0 Å². The van der Waals surface area contributed by atoms with E-state index >= 15 is 0 Å². The topological polar surface area (TPSA) is 104 Å². The molecule has 0 radical (unpaired) electrons. The summed E-state index contributed by atoms with van der Waals surface area (Å²) < 4.78 is 0. The second kappa shape index (κ2) is 4.41. The number of amides is 3. The molecular weight excluding hydrogens is 276 g/mol. The molecule has 0 unspecified atom stereocenters. The van der Waals surface area contributed by atoms with E-state index in [4.69, 9.17) is 5.11 Å². The number of nitrogens with zero attached hydrogens (tertiary/aromatic N) is 1. The fraction of sp³-hybridized carbons (Fsp3) is 0.286. The fourth-order valence-electron chi connectivity index (χ4n) is 2.69. The third kappa shape index (κ3) is 1.74. The minimum Gasteiger partial charge on any atom is -0.481 e. The highest BCUT2D eigenvalue weighted by Gasteiger charge is 2.54. The molecule has 2 aliphatic rings. The first-order chi connectivity index (χ1) is 9.93. The van der Waals surface area contributed by atoms with Gasteiger partial charge in [0, 0.05) is 0 Å². The van der Waals surface area contributed by atoms with Gasteiger partial charge >= 0.3 is 5.97 Å². The standard InChI is InChI=1S/C14H12N2O5/c1-6(14(20)21)9-10(11(17)15-9)16-12(18)7-4-2-3-5-8(7)13(16)19/h2-6,9-10H,1H3,(H,15,17)(H,20,21)/t6-,9-,10+/m1/s1. The lowest BCUT2D eigenvalue weighted by atomic mass is 9.86. The van der Waals surface area contributed by atoms with E-state index in [1.54, 1.807) is 12.1 Å². The van der Waals surface area contributed by atoms with Gasteiger partial charge in [-0.2, -0.15) is 0 Å². The molecule has 7 heteroatoms. The molecule has 1 saturated heterocycles. The van der Waals surface area contributed by atoms with E-state index in [0.29, 0.717) is 0 Å². The highest BCUT2D eigenvalue weighted by Crippen LogP contribution is 2.30. The maximum Gasteiger partial charge on any atom is 0.308 e. The zero-order valence-electron chi connectivity index (χ0n) is 11.1. The molecule has 3 rings (SSSR count). The van der Waals surface area contributed by atoms with Crippen molar-refractivity contribution in [3.8, 4) is 0 Å². The number of aliphatic carboxylic acids is 1. The summed E-state index contributed by atoms with van der Waals surface area (Å²) in [4.78, 5) is 48.3. The molecule has 21 heavy (non-hydrogen) atoms. The van der Waals surface area contributed by atoms with Gasteiger partial charge in [0.05, 0.1) is 23.1 Å². The first kappa shape index (κ1) is 13.3.